The van der Waals surface area contributed by atoms with Crippen LogP contribution in [0.2, 0.25) is 5.02 Å². The average molecular weight is 458 g/mol. The van der Waals surface area contributed by atoms with E-state index in [-0.39, 0.29) is 36.5 Å². The van der Waals surface area contributed by atoms with E-state index in [1.807, 2.05) is 19.1 Å². The molecule has 2 aromatic rings. The zero-order valence-corrected chi connectivity index (χ0v) is 18.9. The molecule has 1 N–H and O–H groups in total. The summed E-state index contributed by atoms with van der Waals surface area (Å²) in [5.41, 5.74) is 1.06. The van der Waals surface area contributed by atoms with Crippen molar-refractivity contribution >= 4 is 29.1 Å². The van der Waals surface area contributed by atoms with Gasteiger partial charge in [0.25, 0.3) is 5.69 Å². The minimum absolute atomic E-state index is 0.101. The van der Waals surface area contributed by atoms with Crippen molar-refractivity contribution in [1.29, 1.82) is 0 Å². The van der Waals surface area contributed by atoms with Crippen LogP contribution in [0.15, 0.2) is 48.5 Å². The van der Waals surface area contributed by atoms with Crippen LogP contribution in [0.5, 0.6) is 0 Å². The molecule has 32 heavy (non-hydrogen) atoms. The van der Waals surface area contributed by atoms with Gasteiger partial charge < -0.3 is 10.2 Å². The standard InChI is InChI=1S/C24H28ClN3O4/c1-2-21(24(30)26-20-8-4-5-9-20)27(16-17-11-13-19(25)14-12-17)23(29)15-18-7-3-6-10-22(18)28(31)32/h3,6-7,10-14,20-21H,2,4-5,8-9,15-16H2,1H3,(H,26,30). The summed E-state index contributed by atoms with van der Waals surface area (Å²) in [5.74, 6) is -0.507. The largest absolute Gasteiger partial charge is 0.352 e. The number of rotatable bonds is 9. The van der Waals surface area contributed by atoms with E-state index in [1.54, 1.807) is 30.3 Å². The molecule has 1 fully saturated rings. The third-order valence-electron chi connectivity index (χ3n) is 5.88. The minimum atomic E-state index is -0.665. The normalized spacial score (nSPS) is 14.7. The van der Waals surface area contributed by atoms with E-state index in [4.69, 9.17) is 11.6 Å². The van der Waals surface area contributed by atoms with E-state index in [0.717, 1.165) is 31.2 Å². The first-order valence-corrected chi connectivity index (χ1v) is 11.3. The second-order valence-corrected chi connectivity index (χ2v) is 8.56. The zero-order valence-electron chi connectivity index (χ0n) is 18.1. The van der Waals surface area contributed by atoms with Crippen molar-refractivity contribution in [2.75, 3.05) is 0 Å². The van der Waals surface area contributed by atoms with Crippen LogP contribution in [-0.4, -0.2) is 33.7 Å². The second kappa shape index (κ2) is 11.1. The number of hydrogen-bond donors (Lipinski definition) is 1. The molecule has 0 aromatic heterocycles. The zero-order chi connectivity index (χ0) is 23.1. The van der Waals surface area contributed by atoms with E-state index >= 15 is 0 Å². The number of nitrogens with zero attached hydrogens (tertiary/aromatic N) is 2. The van der Waals surface area contributed by atoms with Crippen LogP contribution in [0.25, 0.3) is 0 Å². The van der Waals surface area contributed by atoms with Crippen LogP contribution in [0.4, 0.5) is 5.69 Å². The predicted octanol–water partition coefficient (Wildman–Crippen LogP) is 4.66. The fourth-order valence-electron chi connectivity index (χ4n) is 4.18. The lowest BCUT2D eigenvalue weighted by molar-refractivity contribution is -0.385. The molecule has 2 aromatic carbocycles. The molecule has 0 saturated heterocycles. The molecule has 3 rings (SSSR count). The molecule has 1 aliphatic carbocycles. The number of amides is 2. The first-order valence-electron chi connectivity index (χ1n) is 11.0. The van der Waals surface area contributed by atoms with Crippen molar-refractivity contribution < 1.29 is 14.5 Å². The van der Waals surface area contributed by atoms with E-state index in [0.29, 0.717) is 17.0 Å². The third kappa shape index (κ3) is 6.07. The number of nitro benzene ring substituents is 1. The first-order chi connectivity index (χ1) is 15.4. The highest BCUT2D eigenvalue weighted by atomic mass is 35.5. The van der Waals surface area contributed by atoms with Gasteiger partial charge in [0, 0.05) is 29.2 Å². The summed E-state index contributed by atoms with van der Waals surface area (Å²) in [7, 11) is 0. The molecule has 1 atom stereocenters. The molecule has 0 radical (unpaired) electrons. The predicted molar refractivity (Wildman–Crippen MR) is 123 cm³/mol. The van der Waals surface area contributed by atoms with Gasteiger partial charge in [-0.3, -0.25) is 19.7 Å². The monoisotopic (exact) mass is 457 g/mol. The Hall–Kier alpha value is -2.93. The number of para-hydroxylation sites is 1. The van der Waals surface area contributed by atoms with Crippen LogP contribution in [0.3, 0.4) is 0 Å². The molecule has 0 spiro atoms. The Morgan fingerprint density at radius 2 is 1.81 bits per heavy atom. The van der Waals surface area contributed by atoms with Gasteiger partial charge >= 0.3 is 0 Å². The van der Waals surface area contributed by atoms with Gasteiger partial charge in [-0.15, -0.1) is 0 Å². The van der Waals surface area contributed by atoms with Crippen molar-refractivity contribution in [2.24, 2.45) is 0 Å². The molecule has 0 heterocycles. The highest BCUT2D eigenvalue weighted by Gasteiger charge is 2.31. The Morgan fingerprint density at radius 1 is 1.16 bits per heavy atom. The van der Waals surface area contributed by atoms with Crippen LogP contribution in [-0.2, 0) is 22.6 Å². The highest BCUT2D eigenvalue weighted by molar-refractivity contribution is 6.30. The summed E-state index contributed by atoms with van der Waals surface area (Å²) < 4.78 is 0. The highest BCUT2D eigenvalue weighted by Crippen LogP contribution is 2.23. The van der Waals surface area contributed by atoms with Crippen molar-refractivity contribution in [1.82, 2.24) is 10.2 Å². The van der Waals surface area contributed by atoms with E-state index in [9.17, 15) is 19.7 Å². The number of hydrogen-bond acceptors (Lipinski definition) is 4. The van der Waals surface area contributed by atoms with Crippen molar-refractivity contribution in [3.63, 3.8) is 0 Å². The lowest BCUT2D eigenvalue weighted by atomic mass is 10.0. The molecule has 2 amide bonds. The fourth-order valence-corrected chi connectivity index (χ4v) is 4.30. The molecule has 0 bridgehead atoms. The second-order valence-electron chi connectivity index (χ2n) is 8.12. The van der Waals surface area contributed by atoms with Gasteiger partial charge in [0.15, 0.2) is 0 Å². The van der Waals surface area contributed by atoms with Gasteiger partial charge in [-0.25, -0.2) is 0 Å². The average Bonchev–Trinajstić information content (AvgIpc) is 3.28. The van der Waals surface area contributed by atoms with Crippen molar-refractivity contribution in [2.45, 2.75) is 64.1 Å². The van der Waals surface area contributed by atoms with Gasteiger partial charge in [-0.2, -0.15) is 0 Å². The van der Waals surface area contributed by atoms with Gasteiger partial charge in [0.1, 0.15) is 6.04 Å². The van der Waals surface area contributed by atoms with Gasteiger partial charge in [-0.1, -0.05) is 61.7 Å². The summed E-state index contributed by atoms with van der Waals surface area (Å²) in [6, 6.07) is 12.8. The van der Waals surface area contributed by atoms with E-state index in [1.165, 1.54) is 11.0 Å². The van der Waals surface area contributed by atoms with Crippen LogP contribution < -0.4 is 5.32 Å². The van der Waals surface area contributed by atoms with Crippen LogP contribution in [0, 0.1) is 10.1 Å². The van der Waals surface area contributed by atoms with Crippen molar-refractivity contribution in [3.05, 3.63) is 74.8 Å². The number of carbonyl (C=O) groups is 2. The van der Waals surface area contributed by atoms with Crippen LogP contribution >= 0.6 is 11.6 Å². The maximum atomic E-state index is 13.4. The fraction of sp³-hybridized carbons (Fsp3) is 0.417. The Labute approximate surface area is 192 Å². The summed E-state index contributed by atoms with van der Waals surface area (Å²) >= 11 is 5.99. The Kier molecular flexibility index (Phi) is 8.22. The maximum absolute atomic E-state index is 13.4. The number of benzene rings is 2. The van der Waals surface area contributed by atoms with E-state index < -0.39 is 11.0 Å². The molecule has 0 aliphatic heterocycles. The Balaban J connectivity index is 1.86. The number of carbonyl (C=O) groups excluding carboxylic acids is 2. The minimum Gasteiger partial charge on any atom is -0.352 e. The SMILES string of the molecule is CCC(C(=O)NC1CCCC1)N(Cc1ccc(Cl)cc1)C(=O)Cc1ccccc1[N+](=O)[O-]. The molecule has 7 nitrogen and oxygen atoms in total. The van der Waals surface area contributed by atoms with Gasteiger partial charge in [0.05, 0.1) is 11.3 Å². The summed E-state index contributed by atoms with van der Waals surface area (Å²) in [5, 5.41) is 15.1. The maximum Gasteiger partial charge on any atom is 0.273 e. The summed E-state index contributed by atoms with van der Waals surface area (Å²) in [6.07, 6.45) is 4.36. The molecular weight excluding hydrogens is 430 g/mol. The summed E-state index contributed by atoms with van der Waals surface area (Å²) in [6.45, 7) is 2.08. The third-order valence-corrected chi connectivity index (χ3v) is 6.14. The number of halogens is 1. The number of nitrogens with one attached hydrogen (secondary N) is 1. The molecule has 170 valence electrons. The van der Waals surface area contributed by atoms with E-state index in [2.05, 4.69) is 5.32 Å². The molecule has 1 saturated carbocycles. The first kappa shape index (κ1) is 23.7. The van der Waals surface area contributed by atoms with Gasteiger partial charge in [-0.05, 0) is 37.0 Å². The van der Waals surface area contributed by atoms with Crippen LogP contribution in [0.1, 0.15) is 50.2 Å². The lowest BCUT2D eigenvalue weighted by Gasteiger charge is -2.31. The molecule has 1 aliphatic rings. The lowest BCUT2D eigenvalue weighted by Crippen LogP contribution is -2.51. The molecule has 1 unspecified atom stereocenters. The summed E-state index contributed by atoms with van der Waals surface area (Å²) in [4.78, 5) is 38.9. The molecule has 8 heteroatoms. The Morgan fingerprint density at radius 3 is 2.44 bits per heavy atom. The van der Waals surface area contributed by atoms with Gasteiger partial charge in [0.2, 0.25) is 11.8 Å². The topological polar surface area (TPSA) is 92.6 Å². The van der Waals surface area contributed by atoms with Crippen molar-refractivity contribution in [3.8, 4) is 0 Å². The smallest absolute Gasteiger partial charge is 0.273 e. The molecular formula is C24H28ClN3O4. The Bertz CT molecular complexity index is 958. The number of nitro groups is 1. The quantitative estimate of drug-likeness (QED) is 0.438.